The van der Waals surface area contributed by atoms with Crippen LogP contribution < -0.4 is 0 Å². The van der Waals surface area contributed by atoms with Gasteiger partial charge in [-0.3, -0.25) is 0 Å². The fraction of sp³-hybridized carbons (Fsp3) is 0.102. The molecule has 0 radical (unpaired) electrons. The normalized spacial score (nSPS) is 14.6. The molecule has 0 fully saturated rings. The fourth-order valence-electron chi connectivity index (χ4n) is 8.67. The zero-order valence-corrected chi connectivity index (χ0v) is 29.3. The van der Waals surface area contributed by atoms with E-state index in [9.17, 15) is 0 Å². The summed E-state index contributed by atoms with van der Waals surface area (Å²) >= 11 is 0. The second-order valence-electron chi connectivity index (χ2n) is 14.5. The molecular weight excluding hydrogens is 631 g/mol. The summed E-state index contributed by atoms with van der Waals surface area (Å²) in [6, 6.07) is 52.5. The van der Waals surface area contributed by atoms with Crippen LogP contribution in [0.25, 0.3) is 78.0 Å². The predicted molar refractivity (Wildman–Crippen MR) is 216 cm³/mol. The van der Waals surface area contributed by atoms with Gasteiger partial charge in [0.1, 0.15) is 0 Å². The van der Waals surface area contributed by atoms with Crippen LogP contribution in [0, 0.1) is 0 Å². The van der Waals surface area contributed by atoms with E-state index in [0.29, 0.717) is 5.82 Å². The Balaban J connectivity index is 1.12. The summed E-state index contributed by atoms with van der Waals surface area (Å²) in [4.78, 5) is 9.57. The van der Waals surface area contributed by atoms with Gasteiger partial charge in [-0.25, -0.2) is 9.97 Å². The summed E-state index contributed by atoms with van der Waals surface area (Å²) < 4.78 is 2.43. The topological polar surface area (TPSA) is 30.7 Å². The summed E-state index contributed by atoms with van der Waals surface area (Å²) in [7, 11) is 0. The van der Waals surface area contributed by atoms with Gasteiger partial charge in [0.05, 0.1) is 16.7 Å². The SMILES string of the molecule is CC1(C)C2=C(CCC=C2)c2ccc(-c3ccccc3-c3cccc4c5ccccc5n(-c5ccc(-c6nccc(-c7ccccc7)n6)cc5)c34)cc21. The molecule has 6 aromatic carbocycles. The Morgan fingerprint density at radius 3 is 2.19 bits per heavy atom. The lowest BCUT2D eigenvalue weighted by Gasteiger charge is -2.24. The van der Waals surface area contributed by atoms with E-state index in [1.807, 2.05) is 30.5 Å². The van der Waals surface area contributed by atoms with Crippen LogP contribution in [0.1, 0.15) is 37.8 Å². The van der Waals surface area contributed by atoms with E-state index < -0.39 is 0 Å². The molecule has 0 spiro atoms. The van der Waals surface area contributed by atoms with Crippen molar-refractivity contribution in [3.63, 3.8) is 0 Å². The van der Waals surface area contributed by atoms with Crippen LogP contribution in [0.2, 0.25) is 0 Å². The van der Waals surface area contributed by atoms with E-state index >= 15 is 0 Å². The minimum absolute atomic E-state index is 0.0148. The van der Waals surface area contributed by atoms with Crippen LogP contribution in [0.3, 0.4) is 0 Å². The van der Waals surface area contributed by atoms with Crippen LogP contribution in [0.15, 0.2) is 170 Å². The van der Waals surface area contributed by atoms with Crippen molar-refractivity contribution >= 4 is 27.4 Å². The van der Waals surface area contributed by atoms with Crippen molar-refractivity contribution in [1.82, 2.24) is 14.5 Å². The van der Waals surface area contributed by atoms with Gasteiger partial charge in [0.25, 0.3) is 0 Å². The van der Waals surface area contributed by atoms with Gasteiger partial charge >= 0.3 is 0 Å². The number of rotatable bonds is 5. The molecule has 2 heterocycles. The molecule has 2 aromatic heterocycles. The molecule has 0 unspecified atom stereocenters. The van der Waals surface area contributed by atoms with Crippen molar-refractivity contribution in [2.45, 2.75) is 32.1 Å². The van der Waals surface area contributed by atoms with E-state index in [0.717, 1.165) is 35.3 Å². The van der Waals surface area contributed by atoms with Gasteiger partial charge in [-0.05, 0) is 94.3 Å². The first-order chi connectivity index (χ1) is 25.6. The first-order valence-electron chi connectivity index (χ1n) is 18.2. The molecule has 0 amide bonds. The van der Waals surface area contributed by atoms with E-state index in [4.69, 9.17) is 4.98 Å². The largest absolute Gasteiger partial charge is 0.309 e. The minimum Gasteiger partial charge on any atom is -0.309 e. The number of allylic oxidation sites excluding steroid dienone is 4. The second kappa shape index (κ2) is 11.9. The number of aromatic nitrogens is 3. The highest BCUT2D eigenvalue weighted by molar-refractivity contribution is 6.14. The summed E-state index contributed by atoms with van der Waals surface area (Å²) in [5.41, 5.74) is 17.3. The summed E-state index contributed by atoms with van der Waals surface area (Å²) in [5.74, 6) is 0.717. The summed E-state index contributed by atoms with van der Waals surface area (Å²) in [6.07, 6.45) is 8.80. The molecule has 0 bridgehead atoms. The second-order valence-corrected chi connectivity index (χ2v) is 14.5. The van der Waals surface area contributed by atoms with E-state index in [-0.39, 0.29) is 5.41 Å². The Morgan fingerprint density at radius 1 is 0.596 bits per heavy atom. The van der Waals surface area contributed by atoms with Gasteiger partial charge in [0, 0.05) is 44.8 Å². The summed E-state index contributed by atoms with van der Waals surface area (Å²) in [5, 5.41) is 2.48. The first-order valence-corrected chi connectivity index (χ1v) is 18.2. The molecular formula is C49H37N3. The highest BCUT2D eigenvalue weighted by Gasteiger charge is 2.37. The van der Waals surface area contributed by atoms with Gasteiger partial charge in [-0.2, -0.15) is 0 Å². The quantitative estimate of drug-likeness (QED) is 0.183. The van der Waals surface area contributed by atoms with Gasteiger partial charge in [0.15, 0.2) is 5.82 Å². The third-order valence-corrected chi connectivity index (χ3v) is 11.2. The Labute approximate surface area is 304 Å². The smallest absolute Gasteiger partial charge is 0.159 e. The zero-order valence-electron chi connectivity index (χ0n) is 29.3. The third kappa shape index (κ3) is 4.73. The van der Waals surface area contributed by atoms with Gasteiger partial charge in [-0.1, -0.05) is 129 Å². The Kier molecular flexibility index (Phi) is 6.97. The molecule has 2 aliphatic carbocycles. The van der Waals surface area contributed by atoms with Crippen molar-refractivity contribution < 1.29 is 0 Å². The van der Waals surface area contributed by atoms with Crippen molar-refractivity contribution in [3.8, 4) is 50.6 Å². The number of hydrogen-bond acceptors (Lipinski definition) is 2. The molecule has 3 nitrogen and oxygen atoms in total. The lowest BCUT2D eigenvalue weighted by molar-refractivity contribution is 0.651. The first kappa shape index (κ1) is 30.5. The van der Waals surface area contributed by atoms with Gasteiger partial charge < -0.3 is 4.57 Å². The molecule has 8 aromatic rings. The lowest BCUT2D eigenvalue weighted by Crippen LogP contribution is -2.16. The molecule has 0 N–H and O–H groups in total. The standard InChI is InChI=1S/C49H37N3/c1-49(2)43-21-10-8-17-38(43)39-28-25-34(31-44(39)49)36-15-6-7-16-37(36)41-19-12-20-42-40-18-9-11-22-46(40)52(47(41)42)35-26-23-33(24-27-35)48-50-30-29-45(51-48)32-13-4-3-5-14-32/h3-7,9-16,18-31H,8,17H2,1-2H3. The van der Waals surface area contributed by atoms with Gasteiger partial charge in [-0.15, -0.1) is 0 Å². The van der Waals surface area contributed by atoms with Gasteiger partial charge in [0.2, 0.25) is 0 Å². The average Bonchev–Trinajstić information content (AvgIpc) is 3.67. The molecule has 0 aliphatic heterocycles. The minimum atomic E-state index is -0.0148. The van der Waals surface area contributed by atoms with Crippen LogP contribution in [-0.2, 0) is 5.41 Å². The maximum atomic E-state index is 4.93. The zero-order chi connectivity index (χ0) is 34.8. The third-order valence-electron chi connectivity index (χ3n) is 11.2. The van der Waals surface area contributed by atoms with Crippen molar-refractivity contribution in [2.24, 2.45) is 0 Å². The molecule has 248 valence electrons. The predicted octanol–water partition coefficient (Wildman–Crippen LogP) is 12.6. The number of fused-ring (bicyclic) bond motifs is 5. The maximum absolute atomic E-state index is 4.93. The molecule has 3 heteroatoms. The van der Waals surface area contributed by atoms with Crippen molar-refractivity contribution in [2.75, 3.05) is 0 Å². The molecule has 0 atom stereocenters. The number of hydrogen-bond donors (Lipinski definition) is 0. The van der Waals surface area contributed by atoms with Crippen molar-refractivity contribution in [1.29, 1.82) is 0 Å². The van der Waals surface area contributed by atoms with E-state index in [1.165, 1.54) is 66.3 Å². The van der Waals surface area contributed by atoms with Crippen LogP contribution in [-0.4, -0.2) is 14.5 Å². The van der Waals surface area contributed by atoms with E-state index in [2.05, 4.69) is 157 Å². The highest BCUT2D eigenvalue weighted by Crippen LogP contribution is 2.51. The van der Waals surface area contributed by atoms with Crippen LogP contribution >= 0.6 is 0 Å². The maximum Gasteiger partial charge on any atom is 0.159 e. The monoisotopic (exact) mass is 667 g/mol. The van der Waals surface area contributed by atoms with E-state index in [1.54, 1.807) is 0 Å². The lowest BCUT2D eigenvalue weighted by atomic mass is 9.79. The highest BCUT2D eigenvalue weighted by atomic mass is 15.0. The molecule has 2 aliphatic rings. The molecule has 52 heavy (non-hydrogen) atoms. The van der Waals surface area contributed by atoms with Crippen molar-refractivity contribution in [3.05, 3.63) is 181 Å². The molecule has 10 rings (SSSR count). The van der Waals surface area contributed by atoms with Crippen LogP contribution in [0.5, 0.6) is 0 Å². The number of benzene rings is 6. The molecule has 0 saturated heterocycles. The van der Waals surface area contributed by atoms with Crippen LogP contribution in [0.4, 0.5) is 0 Å². The Hall–Kier alpha value is -6.32. The molecule has 0 saturated carbocycles. The Bertz CT molecular complexity index is 2740. The Morgan fingerprint density at radius 2 is 1.33 bits per heavy atom. The fourth-order valence-corrected chi connectivity index (χ4v) is 8.67. The number of para-hydroxylation sites is 2. The number of nitrogens with zero attached hydrogens (tertiary/aromatic N) is 3. The summed E-state index contributed by atoms with van der Waals surface area (Å²) in [6.45, 7) is 4.77. The average molecular weight is 668 g/mol.